The molecule has 3 rings (SSSR count). The fourth-order valence-electron chi connectivity index (χ4n) is 3.17. The van der Waals surface area contributed by atoms with Gasteiger partial charge in [0.2, 0.25) is 5.91 Å². The number of carbonyl (C=O) groups is 2. The molecular weight excluding hydrogens is 290 g/mol. The highest BCUT2D eigenvalue weighted by Crippen LogP contribution is 2.32. The minimum absolute atomic E-state index is 0.145. The third kappa shape index (κ3) is 2.82. The maximum absolute atomic E-state index is 12.8. The Morgan fingerprint density at radius 1 is 1.22 bits per heavy atom. The molecule has 2 aromatic rings. The van der Waals surface area contributed by atoms with Crippen molar-refractivity contribution in [3.63, 3.8) is 0 Å². The maximum atomic E-state index is 12.8. The van der Waals surface area contributed by atoms with Gasteiger partial charge in [-0.15, -0.1) is 0 Å². The molecule has 1 aliphatic rings. The summed E-state index contributed by atoms with van der Waals surface area (Å²) >= 11 is 0. The molecule has 0 aliphatic carbocycles. The number of benzene rings is 1. The van der Waals surface area contributed by atoms with Gasteiger partial charge in [0, 0.05) is 12.7 Å². The first-order chi connectivity index (χ1) is 11.0. The van der Waals surface area contributed by atoms with Crippen molar-refractivity contribution >= 4 is 17.5 Å². The lowest BCUT2D eigenvalue weighted by atomic mass is 9.95. The van der Waals surface area contributed by atoms with Crippen LogP contribution in [0.4, 0.5) is 5.69 Å². The van der Waals surface area contributed by atoms with Gasteiger partial charge >= 0.3 is 0 Å². The summed E-state index contributed by atoms with van der Waals surface area (Å²) in [5.74, 6) is -0.694. The molecule has 0 atom stereocenters. The molecule has 0 fully saturated rings. The second-order valence-electron chi connectivity index (χ2n) is 5.95. The van der Waals surface area contributed by atoms with E-state index in [1.807, 2.05) is 6.92 Å². The monoisotopic (exact) mass is 309 g/mol. The molecule has 5 nitrogen and oxygen atoms in total. The highest BCUT2D eigenvalue weighted by atomic mass is 16.2. The van der Waals surface area contributed by atoms with Gasteiger partial charge < -0.3 is 10.6 Å². The topological polar surface area (TPSA) is 76.3 Å². The molecule has 0 bridgehead atoms. The predicted octanol–water partition coefficient (Wildman–Crippen LogP) is 2.39. The molecule has 5 heteroatoms. The Labute approximate surface area is 135 Å². The minimum Gasteiger partial charge on any atom is -0.366 e. The van der Waals surface area contributed by atoms with Gasteiger partial charge in [0.15, 0.2) is 0 Å². The SMILES string of the molecule is Cc1cc(C)c2c(c1)CCCN2C(=O)c1ccc(C(N)=O)cn1. The van der Waals surface area contributed by atoms with Crippen LogP contribution in [-0.4, -0.2) is 23.3 Å². The number of primary amides is 1. The number of hydrogen-bond donors (Lipinski definition) is 1. The highest BCUT2D eigenvalue weighted by Gasteiger charge is 2.26. The Bertz CT molecular complexity index is 782. The van der Waals surface area contributed by atoms with Crippen LogP contribution in [0.2, 0.25) is 0 Å². The van der Waals surface area contributed by atoms with Gasteiger partial charge in [-0.1, -0.05) is 17.7 Å². The van der Waals surface area contributed by atoms with Crippen molar-refractivity contribution in [1.29, 1.82) is 0 Å². The second kappa shape index (κ2) is 5.83. The molecule has 1 aliphatic heterocycles. The number of hydrogen-bond acceptors (Lipinski definition) is 3. The third-order valence-electron chi connectivity index (χ3n) is 4.13. The number of nitrogens with zero attached hydrogens (tertiary/aromatic N) is 2. The van der Waals surface area contributed by atoms with Crippen molar-refractivity contribution in [2.75, 3.05) is 11.4 Å². The molecule has 2 N–H and O–H groups in total. The molecule has 0 radical (unpaired) electrons. The standard InChI is InChI=1S/C18H19N3O2/c1-11-8-12(2)16-13(9-11)4-3-7-21(16)18(23)15-6-5-14(10-20-15)17(19)22/h5-6,8-10H,3-4,7H2,1-2H3,(H2,19,22). The number of pyridine rings is 1. The highest BCUT2D eigenvalue weighted by molar-refractivity contribution is 6.06. The van der Waals surface area contributed by atoms with Crippen molar-refractivity contribution in [2.24, 2.45) is 5.73 Å². The summed E-state index contributed by atoms with van der Waals surface area (Å²) in [6, 6.07) is 7.33. The zero-order chi connectivity index (χ0) is 16.6. The lowest BCUT2D eigenvalue weighted by Crippen LogP contribution is -2.36. The van der Waals surface area contributed by atoms with Crippen LogP contribution >= 0.6 is 0 Å². The Morgan fingerprint density at radius 2 is 2.00 bits per heavy atom. The number of amides is 2. The molecule has 0 saturated carbocycles. The van der Waals surface area contributed by atoms with E-state index in [1.54, 1.807) is 11.0 Å². The van der Waals surface area contributed by atoms with E-state index < -0.39 is 5.91 Å². The molecule has 0 unspecified atom stereocenters. The van der Waals surface area contributed by atoms with E-state index in [4.69, 9.17) is 5.73 Å². The van der Waals surface area contributed by atoms with Gasteiger partial charge in [-0.05, 0) is 49.9 Å². The fourth-order valence-corrected chi connectivity index (χ4v) is 3.17. The summed E-state index contributed by atoms with van der Waals surface area (Å²) < 4.78 is 0. The van der Waals surface area contributed by atoms with E-state index in [0.717, 1.165) is 24.1 Å². The number of nitrogens with two attached hydrogens (primary N) is 1. The zero-order valence-corrected chi connectivity index (χ0v) is 13.3. The molecule has 2 heterocycles. The van der Waals surface area contributed by atoms with Crippen molar-refractivity contribution in [1.82, 2.24) is 4.98 Å². The minimum atomic E-state index is -0.550. The van der Waals surface area contributed by atoms with E-state index in [9.17, 15) is 9.59 Å². The average Bonchev–Trinajstić information content (AvgIpc) is 2.53. The summed E-state index contributed by atoms with van der Waals surface area (Å²) in [6.45, 7) is 4.77. The van der Waals surface area contributed by atoms with E-state index in [-0.39, 0.29) is 5.91 Å². The van der Waals surface area contributed by atoms with Crippen LogP contribution < -0.4 is 10.6 Å². The van der Waals surface area contributed by atoms with Gasteiger partial charge in [-0.2, -0.15) is 0 Å². The maximum Gasteiger partial charge on any atom is 0.276 e. The quantitative estimate of drug-likeness (QED) is 0.925. The second-order valence-corrected chi connectivity index (χ2v) is 5.95. The summed E-state index contributed by atoms with van der Waals surface area (Å²) in [5.41, 5.74) is 10.3. The number of rotatable bonds is 2. The van der Waals surface area contributed by atoms with Gasteiger partial charge in [0.25, 0.3) is 5.91 Å². The average molecular weight is 309 g/mol. The Hall–Kier alpha value is -2.69. The van der Waals surface area contributed by atoms with Crippen LogP contribution in [0.15, 0.2) is 30.5 Å². The van der Waals surface area contributed by atoms with E-state index >= 15 is 0 Å². The van der Waals surface area contributed by atoms with Crippen molar-refractivity contribution in [2.45, 2.75) is 26.7 Å². The number of aryl methyl sites for hydroxylation is 3. The fraction of sp³-hybridized carbons (Fsp3) is 0.278. The van der Waals surface area contributed by atoms with Crippen molar-refractivity contribution < 1.29 is 9.59 Å². The van der Waals surface area contributed by atoms with Gasteiger partial charge in [0.1, 0.15) is 5.69 Å². The van der Waals surface area contributed by atoms with Crippen LogP contribution in [0, 0.1) is 13.8 Å². The lowest BCUT2D eigenvalue weighted by molar-refractivity contribution is 0.0974. The van der Waals surface area contributed by atoms with Gasteiger partial charge in [-0.25, -0.2) is 0 Å². The number of carbonyl (C=O) groups excluding carboxylic acids is 2. The molecule has 2 amide bonds. The predicted molar refractivity (Wildman–Crippen MR) is 88.7 cm³/mol. The first-order valence-electron chi connectivity index (χ1n) is 7.65. The first kappa shape index (κ1) is 15.2. The molecule has 0 saturated heterocycles. The van der Waals surface area contributed by atoms with Gasteiger partial charge in [-0.3, -0.25) is 14.6 Å². The van der Waals surface area contributed by atoms with Crippen LogP contribution in [-0.2, 0) is 6.42 Å². The first-order valence-corrected chi connectivity index (χ1v) is 7.65. The third-order valence-corrected chi connectivity index (χ3v) is 4.13. The largest absolute Gasteiger partial charge is 0.366 e. The summed E-state index contributed by atoms with van der Waals surface area (Å²) in [5, 5.41) is 0. The normalized spacial score (nSPS) is 13.6. The molecular formula is C18H19N3O2. The summed E-state index contributed by atoms with van der Waals surface area (Å²) in [6.07, 6.45) is 3.26. The summed E-state index contributed by atoms with van der Waals surface area (Å²) in [4.78, 5) is 29.8. The number of aromatic nitrogens is 1. The smallest absolute Gasteiger partial charge is 0.276 e. The van der Waals surface area contributed by atoms with E-state index in [2.05, 4.69) is 24.0 Å². The zero-order valence-electron chi connectivity index (χ0n) is 13.3. The number of fused-ring (bicyclic) bond motifs is 1. The Kier molecular flexibility index (Phi) is 3.86. The van der Waals surface area contributed by atoms with Crippen LogP contribution in [0.3, 0.4) is 0 Å². The van der Waals surface area contributed by atoms with E-state index in [0.29, 0.717) is 17.8 Å². The van der Waals surface area contributed by atoms with Crippen molar-refractivity contribution in [3.05, 3.63) is 58.4 Å². The molecule has 1 aromatic heterocycles. The lowest BCUT2D eigenvalue weighted by Gasteiger charge is -2.31. The van der Waals surface area contributed by atoms with Crippen LogP contribution in [0.25, 0.3) is 0 Å². The molecule has 1 aromatic carbocycles. The van der Waals surface area contributed by atoms with Crippen molar-refractivity contribution in [3.8, 4) is 0 Å². The van der Waals surface area contributed by atoms with Crippen LogP contribution in [0.1, 0.15) is 44.0 Å². The Balaban J connectivity index is 1.97. The molecule has 23 heavy (non-hydrogen) atoms. The number of anilines is 1. The molecule has 118 valence electrons. The molecule has 0 spiro atoms. The van der Waals surface area contributed by atoms with E-state index in [1.165, 1.54) is 23.4 Å². The van der Waals surface area contributed by atoms with Gasteiger partial charge in [0.05, 0.1) is 11.3 Å². The Morgan fingerprint density at radius 3 is 2.65 bits per heavy atom. The van der Waals surface area contributed by atoms with Crippen LogP contribution in [0.5, 0.6) is 0 Å². The summed E-state index contributed by atoms with van der Waals surface area (Å²) in [7, 11) is 0.